The quantitative estimate of drug-likeness (QED) is 0.779. The summed E-state index contributed by atoms with van der Waals surface area (Å²) in [6.45, 7) is 6.55. The molecule has 2 rings (SSSR count). The van der Waals surface area contributed by atoms with Crippen molar-refractivity contribution >= 4 is 28.3 Å². The van der Waals surface area contributed by atoms with E-state index in [1.807, 2.05) is 51.1 Å². The number of nitrogens with one attached hydrogen (secondary N) is 1. The second-order valence-electron chi connectivity index (χ2n) is 5.96. The van der Waals surface area contributed by atoms with Gasteiger partial charge in [-0.2, -0.15) is 0 Å². The molecule has 0 aliphatic carbocycles. The van der Waals surface area contributed by atoms with E-state index in [0.29, 0.717) is 18.1 Å². The summed E-state index contributed by atoms with van der Waals surface area (Å²) in [6.07, 6.45) is 3.23. The van der Waals surface area contributed by atoms with Crippen LogP contribution in [0.15, 0.2) is 36.5 Å². The Morgan fingerprint density at radius 2 is 1.96 bits per heavy atom. The van der Waals surface area contributed by atoms with Gasteiger partial charge in [0.1, 0.15) is 0 Å². The van der Waals surface area contributed by atoms with E-state index in [1.165, 1.54) is 11.3 Å². The first kappa shape index (κ1) is 19.1. The Kier molecular flexibility index (Phi) is 7.13. The highest BCUT2D eigenvalue weighted by Gasteiger charge is 2.25. The zero-order valence-electron chi connectivity index (χ0n) is 15.0. The number of hydrogen-bond donors (Lipinski definition) is 1. The van der Waals surface area contributed by atoms with Gasteiger partial charge in [-0.15, -0.1) is 11.3 Å². The fourth-order valence-electron chi connectivity index (χ4n) is 2.74. The Labute approximate surface area is 153 Å². The summed E-state index contributed by atoms with van der Waals surface area (Å²) < 4.78 is 0. The lowest BCUT2D eigenvalue weighted by molar-refractivity contribution is -0.136. The van der Waals surface area contributed by atoms with Gasteiger partial charge >= 0.3 is 0 Å². The van der Waals surface area contributed by atoms with Crippen LogP contribution in [0.25, 0.3) is 0 Å². The minimum atomic E-state index is -0.220. The van der Waals surface area contributed by atoms with Crippen molar-refractivity contribution in [1.82, 2.24) is 9.88 Å². The summed E-state index contributed by atoms with van der Waals surface area (Å²) in [7, 11) is 0. The van der Waals surface area contributed by atoms with Gasteiger partial charge in [0.15, 0.2) is 5.13 Å². The van der Waals surface area contributed by atoms with Crippen LogP contribution < -0.4 is 5.32 Å². The topological polar surface area (TPSA) is 62.3 Å². The van der Waals surface area contributed by atoms with Crippen LogP contribution in [0.5, 0.6) is 0 Å². The molecule has 6 heteroatoms. The largest absolute Gasteiger partial charge is 0.333 e. The van der Waals surface area contributed by atoms with Crippen LogP contribution in [-0.4, -0.2) is 34.8 Å². The average Bonchev–Trinajstić information content (AvgIpc) is 3.00. The van der Waals surface area contributed by atoms with Gasteiger partial charge in [-0.05, 0) is 25.3 Å². The molecule has 2 amide bonds. The third kappa shape index (κ3) is 5.39. The van der Waals surface area contributed by atoms with Crippen molar-refractivity contribution in [1.29, 1.82) is 0 Å². The number of rotatable bonds is 8. The molecule has 1 heterocycles. The van der Waals surface area contributed by atoms with E-state index in [-0.39, 0.29) is 24.3 Å². The third-order valence-electron chi connectivity index (χ3n) is 3.92. The van der Waals surface area contributed by atoms with Crippen molar-refractivity contribution in [2.45, 2.75) is 39.5 Å². The van der Waals surface area contributed by atoms with Gasteiger partial charge in [0.2, 0.25) is 11.8 Å². The first-order valence-electron chi connectivity index (χ1n) is 8.61. The summed E-state index contributed by atoms with van der Waals surface area (Å²) in [5.41, 5.74) is 0.993. The molecule has 0 aliphatic heterocycles. The molecule has 1 atom stereocenters. The minimum Gasteiger partial charge on any atom is -0.333 e. The number of hydrogen-bond acceptors (Lipinski definition) is 4. The third-order valence-corrected chi connectivity index (χ3v) is 4.74. The molecule has 0 fully saturated rings. The molecule has 0 saturated heterocycles. The Morgan fingerprint density at radius 3 is 2.52 bits per heavy atom. The van der Waals surface area contributed by atoms with E-state index in [0.717, 1.165) is 16.9 Å². The Morgan fingerprint density at radius 1 is 1.24 bits per heavy atom. The molecule has 2 aromatic rings. The van der Waals surface area contributed by atoms with E-state index in [9.17, 15) is 9.59 Å². The number of aryl methyl sites for hydroxylation is 1. The molecule has 0 spiro atoms. The summed E-state index contributed by atoms with van der Waals surface area (Å²) in [4.78, 5) is 32.1. The number of aromatic nitrogens is 1. The van der Waals surface area contributed by atoms with Crippen LogP contribution >= 0.6 is 11.3 Å². The molecular formula is C19H25N3O2S. The van der Waals surface area contributed by atoms with Gasteiger partial charge in [0.05, 0.1) is 12.5 Å². The van der Waals surface area contributed by atoms with Gasteiger partial charge in [-0.25, -0.2) is 4.98 Å². The molecule has 0 bridgehead atoms. The number of anilines is 1. The van der Waals surface area contributed by atoms with Gasteiger partial charge < -0.3 is 10.2 Å². The minimum absolute atomic E-state index is 0.000944. The van der Waals surface area contributed by atoms with Gasteiger partial charge in [0, 0.05) is 17.6 Å². The highest BCUT2D eigenvalue weighted by molar-refractivity contribution is 7.15. The van der Waals surface area contributed by atoms with Crippen LogP contribution in [0.1, 0.15) is 43.0 Å². The number of carbonyl (C=O) groups is 2. The lowest BCUT2D eigenvalue weighted by atomic mass is 9.95. The lowest BCUT2D eigenvalue weighted by Gasteiger charge is -2.26. The smallest absolute Gasteiger partial charge is 0.245 e. The van der Waals surface area contributed by atoms with E-state index in [1.54, 1.807) is 11.1 Å². The van der Waals surface area contributed by atoms with E-state index >= 15 is 0 Å². The predicted octanol–water partition coefficient (Wildman–Crippen LogP) is 3.82. The maximum atomic E-state index is 13.0. The van der Waals surface area contributed by atoms with Crippen LogP contribution in [0.3, 0.4) is 0 Å². The normalized spacial score (nSPS) is 11.8. The van der Waals surface area contributed by atoms with Crippen LogP contribution in [0.2, 0.25) is 0 Å². The highest BCUT2D eigenvalue weighted by atomic mass is 32.1. The Balaban J connectivity index is 2.07. The Hall–Kier alpha value is -2.21. The number of benzene rings is 1. The van der Waals surface area contributed by atoms with Gasteiger partial charge in [0.25, 0.3) is 0 Å². The van der Waals surface area contributed by atoms with Crippen LogP contribution in [-0.2, 0) is 9.59 Å². The average molecular weight is 359 g/mol. The molecule has 0 saturated carbocycles. The molecule has 134 valence electrons. The fraction of sp³-hybridized carbons (Fsp3) is 0.421. The second-order valence-corrected chi connectivity index (χ2v) is 7.19. The number of carbonyl (C=O) groups excluding carboxylic acids is 2. The summed E-state index contributed by atoms with van der Waals surface area (Å²) in [5.74, 6) is -0.428. The SMILES string of the molecule is CCCN(CC(=O)Nc1ncc(C)s1)C(=O)C(CC)c1ccccc1. The summed E-state index contributed by atoms with van der Waals surface area (Å²) in [6, 6.07) is 9.75. The van der Waals surface area contributed by atoms with Crippen LogP contribution in [0, 0.1) is 6.92 Å². The second kappa shape index (κ2) is 9.32. The fourth-order valence-corrected chi connectivity index (χ4v) is 3.42. The van der Waals surface area contributed by atoms with E-state index in [2.05, 4.69) is 10.3 Å². The molecular weight excluding hydrogens is 334 g/mol. The summed E-state index contributed by atoms with van der Waals surface area (Å²) >= 11 is 1.43. The van der Waals surface area contributed by atoms with Crippen molar-refractivity contribution in [3.05, 3.63) is 47.0 Å². The first-order chi connectivity index (χ1) is 12.0. The van der Waals surface area contributed by atoms with Crippen LogP contribution in [0.4, 0.5) is 5.13 Å². The maximum absolute atomic E-state index is 13.0. The number of nitrogens with zero attached hydrogens (tertiary/aromatic N) is 2. The predicted molar refractivity (Wildman–Crippen MR) is 102 cm³/mol. The molecule has 1 aromatic carbocycles. The summed E-state index contributed by atoms with van der Waals surface area (Å²) in [5, 5.41) is 3.35. The van der Waals surface area contributed by atoms with E-state index < -0.39 is 0 Å². The van der Waals surface area contributed by atoms with Crippen molar-refractivity contribution in [3.63, 3.8) is 0 Å². The molecule has 1 N–H and O–H groups in total. The molecule has 25 heavy (non-hydrogen) atoms. The van der Waals surface area contributed by atoms with Gasteiger partial charge in [-0.1, -0.05) is 44.2 Å². The number of amides is 2. The molecule has 0 radical (unpaired) electrons. The Bertz CT molecular complexity index is 700. The molecule has 1 unspecified atom stereocenters. The lowest BCUT2D eigenvalue weighted by Crippen LogP contribution is -2.41. The first-order valence-corrected chi connectivity index (χ1v) is 9.42. The van der Waals surface area contributed by atoms with E-state index in [4.69, 9.17) is 0 Å². The van der Waals surface area contributed by atoms with Crippen molar-refractivity contribution in [2.75, 3.05) is 18.4 Å². The number of thiazole rings is 1. The standard InChI is InChI=1S/C19H25N3O2S/c1-4-11-22(13-17(23)21-19-20-12-14(3)25-19)18(24)16(5-2)15-9-7-6-8-10-15/h6-10,12,16H,4-5,11,13H2,1-3H3,(H,20,21,23). The molecule has 0 aliphatic rings. The van der Waals surface area contributed by atoms with Crippen molar-refractivity contribution in [3.8, 4) is 0 Å². The van der Waals surface area contributed by atoms with Gasteiger partial charge in [-0.3, -0.25) is 9.59 Å². The molecule has 1 aromatic heterocycles. The van der Waals surface area contributed by atoms with Crippen molar-refractivity contribution < 1.29 is 9.59 Å². The zero-order chi connectivity index (χ0) is 18.2. The monoisotopic (exact) mass is 359 g/mol. The maximum Gasteiger partial charge on any atom is 0.245 e. The molecule has 5 nitrogen and oxygen atoms in total. The zero-order valence-corrected chi connectivity index (χ0v) is 15.8. The van der Waals surface area contributed by atoms with Crippen molar-refractivity contribution in [2.24, 2.45) is 0 Å². The highest BCUT2D eigenvalue weighted by Crippen LogP contribution is 2.22.